The fourth-order valence-corrected chi connectivity index (χ4v) is 1.44. The molecule has 0 amide bonds. The zero-order valence-electron chi connectivity index (χ0n) is 6.41. The molecule has 1 aromatic rings. The summed E-state index contributed by atoms with van der Waals surface area (Å²) in [5.41, 5.74) is 0.975. The van der Waals surface area contributed by atoms with Gasteiger partial charge < -0.3 is 9.52 Å². The zero-order chi connectivity index (χ0) is 8.10. The monoisotopic (exact) mass is 173 g/mol. The standard InChI is InChI=1S/C7H11NO2S/c1-6-7(8-5-10-6)4-11-3-2-9/h5,9H,2-4H2,1H3. The quantitative estimate of drug-likeness (QED) is 0.695. The van der Waals surface area contributed by atoms with Crippen molar-refractivity contribution in [1.82, 2.24) is 4.98 Å². The van der Waals surface area contributed by atoms with Gasteiger partial charge in [0.15, 0.2) is 6.39 Å². The molecule has 0 radical (unpaired) electrons. The molecule has 0 atom stereocenters. The van der Waals surface area contributed by atoms with E-state index < -0.39 is 0 Å². The highest BCUT2D eigenvalue weighted by molar-refractivity contribution is 7.98. The SMILES string of the molecule is Cc1ocnc1CSCCO. The Bertz CT molecular complexity index is 212. The first kappa shape index (κ1) is 8.62. The van der Waals surface area contributed by atoms with Gasteiger partial charge in [0, 0.05) is 11.5 Å². The van der Waals surface area contributed by atoms with Gasteiger partial charge in [0.2, 0.25) is 0 Å². The second-order valence-electron chi connectivity index (χ2n) is 2.13. The number of thioether (sulfide) groups is 1. The predicted octanol–water partition coefficient (Wildman–Crippen LogP) is 1.21. The number of oxazole rings is 1. The van der Waals surface area contributed by atoms with Crippen LogP contribution in [0.4, 0.5) is 0 Å². The van der Waals surface area contributed by atoms with E-state index in [-0.39, 0.29) is 6.61 Å². The van der Waals surface area contributed by atoms with Crippen molar-refractivity contribution in [3.8, 4) is 0 Å². The fourth-order valence-electron chi connectivity index (χ4n) is 0.700. The van der Waals surface area contributed by atoms with E-state index in [1.807, 2.05) is 6.92 Å². The van der Waals surface area contributed by atoms with Crippen LogP contribution in [0.15, 0.2) is 10.8 Å². The highest BCUT2D eigenvalue weighted by Crippen LogP contribution is 2.13. The summed E-state index contributed by atoms with van der Waals surface area (Å²) in [5.74, 6) is 2.45. The average Bonchev–Trinajstić information content (AvgIpc) is 2.37. The van der Waals surface area contributed by atoms with Gasteiger partial charge in [-0.05, 0) is 6.92 Å². The number of aliphatic hydroxyl groups excluding tert-OH is 1. The molecule has 0 bridgehead atoms. The highest BCUT2D eigenvalue weighted by atomic mass is 32.2. The van der Waals surface area contributed by atoms with Crippen LogP contribution in [0.25, 0.3) is 0 Å². The largest absolute Gasteiger partial charge is 0.448 e. The van der Waals surface area contributed by atoms with Crippen LogP contribution < -0.4 is 0 Å². The van der Waals surface area contributed by atoms with Gasteiger partial charge in [0.25, 0.3) is 0 Å². The van der Waals surface area contributed by atoms with Gasteiger partial charge in [-0.25, -0.2) is 4.98 Å². The lowest BCUT2D eigenvalue weighted by Crippen LogP contribution is -1.89. The maximum Gasteiger partial charge on any atom is 0.181 e. The van der Waals surface area contributed by atoms with E-state index in [9.17, 15) is 0 Å². The lowest BCUT2D eigenvalue weighted by Gasteiger charge is -1.94. The molecule has 1 N–H and O–H groups in total. The Hall–Kier alpha value is -0.480. The first-order chi connectivity index (χ1) is 5.34. The van der Waals surface area contributed by atoms with E-state index in [2.05, 4.69) is 4.98 Å². The normalized spacial score (nSPS) is 10.4. The summed E-state index contributed by atoms with van der Waals surface area (Å²) in [6.07, 6.45) is 1.45. The van der Waals surface area contributed by atoms with Crippen molar-refractivity contribution in [2.75, 3.05) is 12.4 Å². The average molecular weight is 173 g/mol. The second-order valence-corrected chi connectivity index (χ2v) is 3.24. The van der Waals surface area contributed by atoms with Crippen molar-refractivity contribution in [3.63, 3.8) is 0 Å². The number of rotatable bonds is 4. The molecular formula is C7H11NO2S. The number of hydrogen-bond donors (Lipinski definition) is 1. The predicted molar refractivity (Wildman–Crippen MR) is 44.5 cm³/mol. The first-order valence-corrected chi connectivity index (χ1v) is 4.57. The number of nitrogens with zero attached hydrogens (tertiary/aromatic N) is 1. The van der Waals surface area contributed by atoms with E-state index >= 15 is 0 Å². The van der Waals surface area contributed by atoms with Crippen LogP contribution in [0.5, 0.6) is 0 Å². The molecule has 11 heavy (non-hydrogen) atoms. The Morgan fingerprint density at radius 1 is 1.73 bits per heavy atom. The van der Waals surface area contributed by atoms with Gasteiger partial charge in [0.05, 0.1) is 12.3 Å². The Kier molecular flexibility index (Phi) is 3.45. The minimum absolute atomic E-state index is 0.224. The van der Waals surface area contributed by atoms with Gasteiger partial charge >= 0.3 is 0 Å². The highest BCUT2D eigenvalue weighted by Gasteiger charge is 2.01. The lowest BCUT2D eigenvalue weighted by atomic mass is 10.4. The summed E-state index contributed by atoms with van der Waals surface area (Å²) in [4.78, 5) is 4.02. The van der Waals surface area contributed by atoms with Crippen molar-refractivity contribution in [1.29, 1.82) is 0 Å². The Balaban J connectivity index is 2.32. The lowest BCUT2D eigenvalue weighted by molar-refractivity contribution is 0.322. The van der Waals surface area contributed by atoms with E-state index in [1.165, 1.54) is 6.39 Å². The topological polar surface area (TPSA) is 46.3 Å². The number of aliphatic hydroxyl groups is 1. The summed E-state index contributed by atoms with van der Waals surface area (Å²) in [7, 11) is 0. The van der Waals surface area contributed by atoms with Crippen molar-refractivity contribution < 1.29 is 9.52 Å². The third kappa shape index (κ3) is 2.55. The third-order valence-electron chi connectivity index (χ3n) is 1.32. The molecule has 1 heterocycles. The molecular weight excluding hydrogens is 162 g/mol. The van der Waals surface area contributed by atoms with Gasteiger partial charge in [-0.15, -0.1) is 0 Å². The van der Waals surface area contributed by atoms with Crippen LogP contribution in [-0.4, -0.2) is 22.5 Å². The molecule has 0 aliphatic carbocycles. The molecule has 0 saturated heterocycles. The summed E-state index contributed by atoms with van der Waals surface area (Å²) in [5, 5.41) is 8.50. The Morgan fingerprint density at radius 2 is 2.55 bits per heavy atom. The second kappa shape index (κ2) is 4.41. The van der Waals surface area contributed by atoms with Crippen molar-refractivity contribution in [3.05, 3.63) is 17.8 Å². The molecule has 0 unspecified atom stereocenters. The fraction of sp³-hybridized carbons (Fsp3) is 0.571. The molecule has 0 aromatic carbocycles. The minimum Gasteiger partial charge on any atom is -0.448 e. The van der Waals surface area contributed by atoms with E-state index in [4.69, 9.17) is 9.52 Å². The van der Waals surface area contributed by atoms with Crippen LogP contribution in [-0.2, 0) is 5.75 Å². The summed E-state index contributed by atoms with van der Waals surface area (Å²) in [6, 6.07) is 0. The van der Waals surface area contributed by atoms with E-state index in [1.54, 1.807) is 11.8 Å². The maximum absolute atomic E-state index is 8.50. The summed E-state index contributed by atoms with van der Waals surface area (Å²) < 4.78 is 5.01. The van der Waals surface area contributed by atoms with Gasteiger partial charge in [-0.3, -0.25) is 0 Å². The molecule has 1 aromatic heterocycles. The molecule has 4 heteroatoms. The molecule has 0 fully saturated rings. The van der Waals surface area contributed by atoms with Crippen molar-refractivity contribution in [2.24, 2.45) is 0 Å². The molecule has 0 aliphatic heterocycles. The van der Waals surface area contributed by atoms with Gasteiger partial charge in [-0.1, -0.05) is 0 Å². The van der Waals surface area contributed by atoms with E-state index in [0.717, 1.165) is 23.0 Å². The van der Waals surface area contributed by atoms with Crippen LogP contribution in [0.3, 0.4) is 0 Å². The minimum atomic E-state index is 0.224. The molecule has 62 valence electrons. The Morgan fingerprint density at radius 3 is 3.09 bits per heavy atom. The van der Waals surface area contributed by atoms with Crippen molar-refractivity contribution in [2.45, 2.75) is 12.7 Å². The van der Waals surface area contributed by atoms with Crippen LogP contribution >= 0.6 is 11.8 Å². The number of aromatic nitrogens is 1. The number of hydrogen-bond acceptors (Lipinski definition) is 4. The molecule has 0 saturated carbocycles. The molecule has 0 spiro atoms. The van der Waals surface area contributed by atoms with Crippen LogP contribution in [0.2, 0.25) is 0 Å². The van der Waals surface area contributed by atoms with Gasteiger partial charge in [0.1, 0.15) is 5.76 Å². The molecule has 1 rings (SSSR count). The Labute approximate surface area is 69.8 Å². The zero-order valence-corrected chi connectivity index (χ0v) is 7.23. The molecule has 3 nitrogen and oxygen atoms in total. The van der Waals surface area contributed by atoms with Crippen LogP contribution in [0.1, 0.15) is 11.5 Å². The summed E-state index contributed by atoms with van der Waals surface area (Å²) >= 11 is 1.65. The number of aryl methyl sites for hydroxylation is 1. The van der Waals surface area contributed by atoms with Crippen molar-refractivity contribution >= 4 is 11.8 Å². The van der Waals surface area contributed by atoms with Crippen LogP contribution in [0, 0.1) is 6.92 Å². The van der Waals surface area contributed by atoms with Gasteiger partial charge in [-0.2, -0.15) is 11.8 Å². The molecule has 0 aliphatic rings. The maximum atomic E-state index is 8.50. The third-order valence-corrected chi connectivity index (χ3v) is 2.27. The first-order valence-electron chi connectivity index (χ1n) is 3.42. The van der Waals surface area contributed by atoms with E-state index in [0.29, 0.717) is 0 Å². The smallest absolute Gasteiger partial charge is 0.181 e. The summed E-state index contributed by atoms with van der Waals surface area (Å²) in [6.45, 7) is 2.11.